The van der Waals surface area contributed by atoms with Gasteiger partial charge in [-0.25, -0.2) is 0 Å². The molecule has 122 valence electrons. The Kier molecular flexibility index (Phi) is 5.80. The number of carboxylic acid groups (broad SMARTS) is 1. The Bertz CT molecular complexity index is 506. The molecular weight excluding hydrogens is 280 g/mol. The van der Waals surface area contributed by atoms with E-state index in [0.717, 1.165) is 38.2 Å². The first-order valence-corrected chi connectivity index (χ1v) is 7.95. The number of hydrogen-bond donors (Lipinski definition) is 1. The number of rotatable bonds is 6. The van der Waals surface area contributed by atoms with Crippen LogP contribution in [0.4, 0.5) is 0 Å². The van der Waals surface area contributed by atoms with Crippen molar-refractivity contribution in [3.63, 3.8) is 0 Å². The van der Waals surface area contributed by atoms with Crippen molar-refractivity contribution >= 4 is 5.97 Å². The average Bonchev–Trinajstić information content (AvgIpc) is 2.54. The van der Waals surface area contributed by atoms with E-state index in [1.54, 1.807) is 7.11 Å². The Hall–Kier alpha value is -1.59. The lowest BCUT2D eigenvalue weighted by Gasteiger charge is -2.43. The predicted molar refractivity (Wildman–Crippen MR) is 86.3 cm³/mol. The van der Waals surface area contributed by atoms with Crippen molar-refractivity contribution in [2.45, 2.75) is 32.4 Å². The van der Waals surface area contributed by atoms with Crippen LogP contribution in [-0.4, -0.2) is 60.2 Å². The first-order valence-electron chi connectivity index (χ1n) is 7.95. The zero-order valence-corrected chi connectivity index (χ0v) is 13.7. The highest BCUT2D eigenvalue weighted by atomic mass is 16.5. The van der Waals surface area contributed by atoms with Gasteiger partial charge in [-0.2, -0.15) is 0 Å². The zero-order valence-electron chi connectivity index (χ0n) is 13.7. The number of hydrogen-bond acceptors (Lipinski definition) is 4. The Morgan fingerprint density at radius 1 is 1.41 bits per heavy atom. The highest BCUT2D eigenvalue weighted by Gasteiger charge is 2.33. The second kappa shape index (κ2) is 7.61. The molecule has 5 heteroatoms. The normalized spacial score (nSPS) is 21.5. The van der Waals surface area contributed by atoms with E-state index in [1.807, 2.05) is 24.3 Å². The van der Waals surface area contributed by atoms with Gasteiger partial charge in [0.1, 0.15) is 11.8 Å². The molecule has 0 aliphatic carbocycles. The maximum atomic E-state index is 11.8. The molecule has 0 bridgehead atoms. The summed E-state index contributed by atoms with van der Waals surface area (Å²) in [6, 6.07) is 7.20. The number of piperazine rings is 1. The summed E-state index contributed by atoms with van der Waals surface area (Å²) in [7, 11) is 1.60. The van der Waals surface area contributed by atoms with Crippen LogP contribution >= 0.6 is 0 Å². The maximum Gasteiger partial charge on any atom is 0.325 e. The fraction of sp³-hybridized carbons (Fsp3) is 0.588. The smallest absolute Gasteiger partial charge is 0.325 e. The fourth-order valence-electron chi connectivity index (χ4n) is 3.28. The Morgan fingerprint density at radius 3 is 2.77 bits per heavy atom. The number of carboxylic acids is 1. The minimum atomic E-state index is -0.798. The van der Waals surface area contributed by atoms with Gasteiger partial charge in [0, 0.05) is 25.7 Å². The summed E-state index contributed by atoms with van der Waals surface area (Å²) >= 11 is 0. The lowest BCUT2D eigenvalue weighted by atomic mass is 10.0. The third kappa shape index (κ3) is 3.59. The number of methoxy groups -OCH3 is 1. The molecular formula is C17H26N2O3. The van der Waals surface area contributed by atoms with Crippen molar-refractivity contribution < 1.29 is 14.6 Å². The molecule has 1 heterocycles. The Labute approximate surface area is 132 Å². The van der Waals surface area contributed by atoms with Gasteiger partial charge in [0.05, 0.1) is 7.11 Å². The largest absolute Gasteiger partial charge is 0.497 e. The highest BCUT2D eigenvalue weighted by molar-refractivity contribution is 5.75. The van der Waals surface area contributed by atoms with Gasteiger partial charge in [0.15, 0.2) is 0 Å². The van der Waals surface area contributed by atoms with E-state index < -0.39 is 12.0 Å². The molecule has 0 radical (unpaired) electrons. The van der Waals surface area contributed by atoms with Crippen LogP contribution in [0.15, 0.2) is 24.3 Å². The lowest BCUT2D eigenvalue weighted by Crippen LogP contribution is -2.54. The molecule has 2 atom stereocenters. The van der Waals surface area contributed by atoms with Gasteiger partial charge in [-0.05, 0) is 30.7 Å². The van der Waals surface area contributed by atoms with Crippen molar-refractivity contribution in [1.82, 2.24) is 9.80 Å². The monoisotopic (exact) mass is 306 g/mol. The summed E-state index contributed by atoms with van der Waals surface area (Å²) in [5.74, 6) is -0.101. The molecule has 1 aliphatic rings. The Morgan fingerprint density at radius 2 is 2.18 bits per heavy atom. The minimum absolute atomic E-state index is 0.422. The molecule has 1 aliphatic heterocycles. The molecule has 2 rings (SSSR count). The van der Waals surface area contributed by atoms with Crippen LogP contribution in [0.1, 0.15) is 31.9 Å². The lowest BCUT2D eigenvalue weighted by molar-refractivity contribution is -0.145. The fourth-order valence-corrected chi connectivity index (χ4v) is 3.28. The van der Waals surface area contributed by atoms with Crippen molar-refractivity contribution in [2.24, 2.45) is 0 Å². The van der Waals surface area contributed by atoms with Crippen LogP contribution in [0, 0.1) is 0 Å². The molecule has 1 fully saturated rings. The van der Waals surface area contributed by atoms with E-state index in [4.69, 9.17) is 4.74 Å². The van der Waals surface area contributed by atoms with Crippen molar-refractivity contribution in [1.29, 1.82) is 0 Å². The minimum Gasteiger partial charge on any atom is -0.497 e. The summed E-state index contributed by atoms with van der Waals surface area (Å²) in [5, 5.41) is 9.73. The summed E-state index contributed by atoms with van der Waals surface area (Å²) < 4.78 is 5.23. The second-order valence-electron chi connectivity index (χ2n) is 5.70. The molecule has 1 N–H and O–H groups in total. The van der Waals surface area contributed by atoms with Gasteiger partial charge >= 0.3 is 5.97 Å². The molecule has 0 spiro atoms. The number of likely N-dealkylation sites (N-methyl/N-ethyl adjacent to an activating group) is 1. The van der Waals surface area contributed by atoms with Crippen molar-refractivity contribution in [3.8, 4) is 5.75 Å². The van der Waals surface area contributed by atoms with E-state index in [-0.39, 0.29) is 0 Å². The third-order valence-corrected chi connectivity index (χ3v) is 4.52. The molecule has 0 saturated carbocycles. The van der Waals surface area contributed by atoms with Crippen LogP contribution in [0.5, 0.6) is 5.75 Å². The SMILES string of the molecule is CCC1CN(C(C(=O)O)c2cccc(OC)c2)CCN1CC. The Balaban J connectivity index is 2.23. The van der Waals surface area contributed by atoms with Gasteiger partial charge in [-0.1, -0.05) is 26.0 Å². The summed E-state index contributed by atoms with van der Waals surface area (Å²) in [4.78, 5) is 16.4. The maximum absolute atomic E-state index is 11.8. The standard InChI is InChI=1S/C17H26N2O3/c1-4-14-12-19(10-9-18(14)5-2)16(17(20)21)13-7-6-8-15(11-13)22-3/h6-8,11,14,16H,4-5,9-10,12H2,1-3H3,(H,20,21). The van der Waals surface area contributed by atoms with Crippen LogP contribution in [0.25, 0.3) is 0 Å². The number of benzene rings is 1. The van der Waals surface area contributed by atoms with Gasteiger partial charge in [-0.15, -0.1) is 0 Å². The third-order valence-electron chi connectivity index (χ3n) is 4.52. The molecule has 5 nitrogen and oxygen atoms in total. The molecule has 1 aromatic carbocycles. The zero-order chi connectivity index (χ0) is 16.1. The molecule has 2 unspecified atom stereocenters. The van der Waals surface area contributed by atoms with Gasteiger partial charge in [0.2, 0.25) is 0 Å². The van der Waals surface area contributed by atoms with E-state index in [1.165, 1.54) is 0 Å². The average molecular weight is 306 g/mol. The quantitative estimate of drug-likeness (QED) is 0.873. The summed E-state index contributed by atoms with van der Waals surface area (Å²) in [6.07, 6.45) is 1.04. The number of ether oxygens (including phenoxy) is 1. The molecule has 22 heavy (non-hydrogen) atoms. The molecule has 0 amide bonds. The number of nitrogens with zero attached hydrogens (tertiary/aromatic N) is 2. The van der Waals surface area contributed by atoms with Crippen LogP contribution in [0.3, 0.4) is 0 Å². The van der Waals surface area contributed by atoms with E-state index in [0.29, 0.717) is 11.8 Å². The van der Waals surface area contributed by atoms with Crippen LogP contribution in [-0.2, 0) is 4.79 Å². The van der Waals surface area contributed by atoms with Crippen molar-refractivity contribution in [3.05, 3.63) is 29.8 Å². The topological polar surface area (TPSA) is 53.0 Å². The van der Waals surface area contributed by atoms with Gasteiger partial charge in [-0.3, -0.25) is 14.6 Å². The van der Waals surface area contributed by atoms with Gasteiger partial charge in [0.25, 0.3) is 0 Å². The van der Waals surface area contributed by atoms with Crippen molar-refractivity contribution in [2.75, 3.05) is 33.3 Å². The predicted octanol–water partition coefficient (Wildman–Crippen LogP) is 2.24. The van der Waals surface area contributed by atoms with E-state index >= 15 is 0 Å². The molecule has 1 aromatic rings. The summed E-state index contributed by atoms with van der Waals surface area (Å²) in [5.41, 5.74) is 0.784. The van der Waals surface area contributed by atoms with Gasteiger partial charge < -0.3 is 9.84 Å². The number of carbonyl (C=O) groups is 1. The first-order chi connectivity index (χ1) is 10.6. The second-order valence-corrected chi connectivity index (χ2v) is 5.70. The molecule has 1 saturated heterocycles. The van der Waals surface area contributed by atoms with Crippen LogP contribution < -0.4 is 4.74 Å². The van der Waals surface area contributed by atoms with Crippen LogP contribution in [0.2, 0.25) is 0 Å². The summed E-state index contributed by atoms with van der Waals surface area (Å²) in [6.45, 7) is 7.83. The molecule has 0 aromatic heterocycles. The first kappa shape index (κ1) is 16.8. The van der Waals surface area contributed by atoms with E-state index in [9.17, 15) is 9.90 Å². The highest BCUT2D eigenvalue weighted by Crippen LogP contribution is 2.27. The number of aliphatic carboxylic acids is 1. The van der Waals surface area contributed by atoms with E-state index in [2.05, 4.69) is 23.6 Å².